The zero-order valence-electron chi connectivity index (χ0n) is 68.0. The SMILES string of the molecule is CCCCCCCCCCCCCCCCCCCCCCCC(=O)O[C@H](COC(=O)CCCCCCCCCCCCCCCCCC)COP(=O)(O)OC[C@@H](O)COP(=O)(O)OC[C@@H](COC(=O)CCCCCCCCCCCCCCC)OC(=O)CCCCCCCCCCCCCCCC. The smallest absolute Gasteiger partial charge is 0.462 e. The van der Waals surface area contributed by atoms with Gasteiger partial charge in [0.15, 0.2) is 12.2 Å². The van der Waals surface area contributed by atoms with Crippen LogP contribution in [0.25, 0.3) is 0 Å². The molecule has 0 saturated carbocycles. The van der Waals surface area contributed by atoms with Crippen molar-refractivity contribution in [2.45, 2.75) is 483 Å². The number of hydrogen-bond acceptors (Lipinski definition) is 15. The van der Waals surface area contributed by atoms with Gasteiger partial charge in [0.05, 0.1) is 26.4 Å². The quantitative estimate of drug-likeness (QED) is 0.0222. The summed E-state index contributed by atoms with van der Waals surface area (Å²) in [7, 11) is -9.92. The van der Waals surface area contributed by atoms with E-state index >= 15 is 0 Å². The molecule has 0 fully saturated rings. The Morgan fingerprint density at radius 2 is 0.385 bits per heavy atom. The Bertz CT molecular complexity index is 1960. The summed E-state index contributed by atoms with van der Waals surface area (Å²) < 4.78 is 68.9. The van der Waals surface area contributed by atoms with Crippen molar-refractivity contribution in [3.63, 3.8) is 0 Å². The fraction of sp³-hybridized carbons (Fsp3) is 0.953. The number of rotatable bonds is 86. The molecular formula is C85H166O17P2. The molecule has 0 spiro atoms. The summed E-state index contributed by atoms with van der Waals surface area (Å²) >= 11 is 0. The van der Waals surface area contributed by atoms with Gasteiger partial charge in [-0.3, -0.25) is 37.3 Å². The number of aliphatic hydroxyl groups excluding tert-OH is 1. The number of unbranched alkanes of at least 4 members (excludes halogenated alkanes) is 60. The first-order chi connectivity index (χ1) is 50.7. The van der Waals surface area contributed by atoms with Crippen molar-refractivity contribution >= 4 is 39.5 Å². The van der Waals surface area contributed by atoms with Crippen LogP contribution in [0.5, 0.6) is 0 Å². The highest BCUT2D eigenvalue weighted by Gasteiger charge is 2.30. The first-order valence-electron chi connectivity index (χ1n) is 44.3. The third-order valence-corrected chi connectivity index (χ3v) is 22.0. The van der Waals surface area contributed by atoms with E-state index in [4.69, 9.17) is 37.0 Å². The van der Waals surface area contributed by atoms with E-state index in [0.717, 1.165) is 89.9 Å². The molecule has 0 radical (unpaired) electrons. The van der Waals surface area contributed by atoms with Gasteiger partial charge in [0.25, 0.3) is 0 Å². The largest absolute Gasteiger partial charge is 0.472 e. The van der Waals surface area contributed by atoms with Gasteiger partial charge < -0.3 is 33.8 Å². The zero-order chi connectivity index (χ0) is 76.0. The van der Waals surface area contributed by atoms with Crippen LogP contribution in [0, 0.1) is 0 Å². The van der Waals surface area contributed by atoms with Crippen molar-refractivity contribution in [1.29, 1.82) is 0 Å². The number of phosphoric ester groups is 2. The summed E-state index contributed by atoms with van der Waals surface area (Å²) in [6, 6.07) is 0. The Hall–Kier alpha value is -1.94. The van der Waals surface area contributed by atoms with E-state index < -0.39 is 97.5 Å². The van der Waals surface area contributed by atoms with Crippen LogP contribution in [0.15, 0.2) is 0 Å². The maximum Gasteiger partial charge on any atom is 0.472 e. The molecule has 0 heterocycles. The standard InChI is InChI=1S/C85H166O17P2/c1-5-9-13-17-21-25-29-33-36-38-39-40-41-42-44-48-52-56-60-64-68-72-85(90)102-81(76-96-83(88)70-66-62-58-54-50-47-43-37-34-30-26-22-18-14-10-6-2)78-100-104(93,94)98-74-79(86)73-97-103(91,92)99-77-80(75-95-82(87)69-65-61-57-53-49-45-32-28-24-20-16-12-8-4)101-84(89)71-67-63-59-55-51-46-35-31-27-23-19-15-11-7-3/h79-81,86H,5-78H2,1-4H3,(H,91,92)(H,93,94)/t79-,80+,81+/m0/s1. The monoisotopic (exact) mass is 1520 g/mol. The van der Waals surface area contributed by atoms with E-state index in [9.17, 15) is 43.2 Å². The summed E-state index contributed by atoms with van der Waals surface area (Å²) in [4.78, 5) is 73.2. The first-order valence-corrected chi connectivity index (χ1v) is 47.3. The molecule has 0 aromatic carbocycles. The molecule has 3 N–H and O–H groups in total. The van der Waals surface area contributed by atoms with Crippen LogP contribution >= 0.6 is 15.6 Å². The lowest BCUT2D eigenvalue weighted by Crippen LogP contribution is -2.30. The number of phosphoric acid groups is 2. The molecule has 0 saturated heterocycles. The maximum atomic E-state index is 13.1. The van der Waals surface area contributed by atoms with E-state index in [-0.39, 0.29) is 25.7 Å². The van der Waals surface area contributed by atoms with Gasteiger partial charge in [0, 0.05) is 25.7 Å². The van der Waals surface area contributed by atoms with Crippen LogP contribution in [0.1, 0.15) is 464 Å². The summed E-state index contributed by atoms with van der Waals surface area (Å²) in [6.45, 7) is 5.06. The Morgan fingerprint density at radius 3 is 0.567 bits per heavy atom. The number of hydrogen-bond donors (Lipinski definition) is 3. The minimum atomic E-state index is -4.96. The number of carbonyl (C=O) groups is 4. The molecule has 0 bridgehead atoms. The summed E-state index contributed by atoms with van der Waals surface area (Å²) in [5.74, 6) is -2.10. The highest BCUT2D eigenvalue weighted by atomic mass is 31.2. The highest BCUT2D eigenvalue weighted by molar-refractivity contribution is 7.47. The van der Waals surface area contributed by atoms with Crippen molar-refractivity contribution in [3.05, 3.63) is 0 Å². The molecule has 618 valence electrons. The van der Waals surface area contributed by atoms with Gasteiger partial charge in [-0.25, -0.2) is 9.13 Å². The molecule has 0 aromatic heterocycles. The maximum absolute atomic E-state index is 13.1. The second-order valence-electron chi connectivity index (χ2n) is 30.6. The van der Waals surface area contributed by atoms with E-state index in [1.54, 1.807) is 0 Å². The van der Waals surface area contributed by atoms with Gasteiger partial charge in [-0.2, -0.15) is 0 Å². The lowest BCUT2D eigenvalue weighted by molar-refractivity contribution is -0.161. The summed E-state index contributed by atoms with van der Waals surface area (Å²) in [5.41, 5.74) is 0. The number of ether oxygens (including phenoxy) is 4. The number of carbonyl (C=O) groups excluding carboxylic acids is 4. The molecule has 2 unspecified atom stereocenters. The second kappa shape index (κ2) is 79.2. The molecule has 0 rings (SSSR count). The van der Waals surface area contributed by atoms with Crippen molar-refractivity contribution < 1.29 is 80.2 Å². The molecule has 17 nitrogen and oxygen atoms in total. The fourth-order valence-electron chi connectivity index (χ4n) is 13.3. The lowest BCUT2D eigenvalue weighted by atomic mass is 10.0. The average Bonchev–Trinajstić information content (AvgIpc) is 0.909. The van der Waals surface area contributed by atoms with Crippen LogP contribution in [0.2, 0.25) is 0 Å². The van der Waals surface area contributed by atoms with Crippen molar-refractivity contribution in [2.75, 3.05) is 39.6 Å². The third kappa shape index (κ3) is 78.2. The van der Waals surface area contributed by atoms with Crippen molar-refractivity contribution in [1.82, 2.24) is 0 Å². The van der Waals surface area contributed by atoms with Crippen molar-refractivity contribution in [3.8, 4) is 0 Å². The summed E-state index contributed by atoms with van der Waals surface area (Å²) in [6.07, 6.45) is 73.5. The van der Waals surface area contributed by atoms with E-state index in [1.165, 1.54) is 295 Å². The van der Waals surface area contributed by atoms with Crippen LogP contribution in [-0.4, -0.2) is 96.7 Å². The fourth-order valence-corrected chi connectivity index (χ4v) is 14.9. The minimum absolute atomic E-state index is 0.109. The lowest BCUT2D eigenvalue weighted by Gasteiger charge is -2.21. The Morgan fingerprint density at radius 1 is 0.231 bits per heavy atom. The molecule has 19 heteroatoms. The molecule has 0 amide bonds. The van der Waals surface area contributed by atoms with Crippen LogP contribution < -0.4 is 0 Å². The minimum Gasteiger partial charge on any atom is -0.462 e. The van der Waals surface area contributed by atoms with Crippen LogP contribution in [-0.2, 0) is 65.4 Å². The van der Waals surface area contributed by atoms with Gasteiger partial charge in [0.2, 0.25) is 0 Å². The molecule has 104 heavy (non-hydrogen) atoms. The first kappa shape index (κ1) is 102. The predicted molar refractivity (Wildman–Crippen MR) is 428 cm³/mol. The van der Waals surface area contributed by atoms with E-state index in [2.05, 4.69) is 27.7 Å². The third-order valence-electron chi connectivity index (χ3n) is 20.1. The molecule has 0 aromatic rings. The highest BCUT2D eigenvalue weighted by Crippen LogP contribution is 2.45. The van der Waals surface area contributed by atoms with Gasteiger partial charge >= 0.3 is 39.5 Å². The number of aliphatic hydroxyl groups is 1. The summed E-state index contributed by atoms with van der Waals surface area (Å²) in [5, 5.41) is 10.7. The molecule has 0 aliphatic rings. The molecule has 5 atom stereocenters. The molecule has 0 aliphatic carbocycles. The van der Waals surface area contributed by atoms with Gasteiger partial charge in [-0.15, -0.1) is 0 Å². The predicted octanol–water partition coefficient (Wildman–Crippen LogP) is 26.1. The average molecular weight is 1520 g/mol. The van der Waals surface area contributed by atoms with Gasteiger partial charge in [-0.05, 0) is 25.7 Å². The van der Waals surface area contributed by atoms with Crippen LogP contribution in [0.3, 0.4) is 0 Å². The Kier molecular flexibility index (Phi) is 77.7. The topological polar surface area (TPSA) is 237 Å². The molecule has 0 aliphatic heterocycles. The van der Waals surface area contributed by atoms with Gasteiger partial charge in [-0.1, -0.05) is 413 Å². The number of esters is 4. The van der Waals surface area contributed by atoms with Crippen LogP contribution in [0.4, 0.5) is 0 Å². The normalized spacial score (nSPS) is 13.7. The van der Waals surface area contributed by atoms with Crippen molar-refractivity contribution in [2.24, 2.45) is 0 Å². The van der Waals surface area contributed by atoms with Gasteiger partial charge in [0.1, 0.15) is 19.3 Å². The second-order valence-corrected chi connectivity index (χ2v) is 33.5. The Balaban J connectivity index is 5.24. The van der Waals surface area contributed by atoms with E-state index in [0.29, 0.717) is 25.7 Å². The van der Waals surface area contributed by atoms with E-state index in [1.807, 2.05) is 0 Å². The Labute approximate surface area is 638 Å². The molecular weight excluding hydrogens is 1350 g/mol. The zero-order valence-corrected chi connectivity index (χ0v) is 69.8.